The summed E-state index contributed by atoms with van der Waals surface area (Å²) in [7, 11) is -9.89. The molecule has 0 aromatic rings. The number of hydrogen-bond acceptors (Lipinski definition) is 15. The molecule has 0 aromatic heterocycles. The van der Waals surface area contributed by atoms with Crippen LogP contribution in [-0.2, 0) is 65.4 Å². The van der Waals surface area contributed by atoms with Gasteiger partial charge in [-0.3, -0.25) is 37.3 Å². The van der Waals surface area contributed by atoms with Gasteiger partial charge in [-0.05, 0) is 37.5 Å². The fourth-order valence-electron chi connectivity index (χ4n) is 10.6. The second-order valence-corrected chi connectivity index (χ2v) is 29.1. The number of phosphoric acid groups is 2. The molecule has 89 heavy (non-hydrogen) atoms. The summed E-state index contributed by atoms with van der Waals surface area (Å²) in [5.74, 6) is -0.565. The van der Waals surface area contributed by atoms with Gasteiger partial charge in [0, 0.05) is 25.7 Å². The van der Waals surface area contributed by atoms with E-state index in [1.165, 1.54) is 167 Å². The van der Waals surface area contributed by atoms with Crippen molar-refractivity contribution in [3.63, 3.8) is 0 Å². The highest BCUT2D eigenvalue weighted by Gasteiger charge is 2.30. The summed E-state index contributed by atoms with van der Waals surface area (Å²) in [5.41, 5.74) is 0. The Hall–Kier alpha value is -1.94. The van der Waals surface area contributed by atoms with Gasteiger partial charge in [-0.15, -0.1) is 0 Å². The molecule has 0 aliphatic carbocycles. The third-order valence-corrected chi connectivity index (χ3v) is 18.1. The maximum Gasteiger partial charge on any atom is 0.472 e. The van der Waals surface area contributed by atoms with Gasteiger partial charge >= 0.3 is 39.5 Å². The van der Waals surface area contributed by atoms with Gasteiger partial charge in [-0.1, -0.05) is 305 Å². The number of rotatable bonds is 69. The fourth-order valence-corrected chi connectivity index (χ4v) is 12.2. The third-order valence-electron chi connectivity index (χ3n) is 16.2. The molecule has 0 aromatic carbocycles. The first kappa shape index (κ1) is 87.1. The van der Waals surface area contributed by atoms with Crippen molar-refractivity contribution in [2.45, 2.75) is 374 Å². The molecular formula is C70H136O17P2. The molecule has 17 nitrogen and oxygen atoms in total. The first-order valence-corrected chi connectivity index (χ1v) is 39.5. The molecular weight excluding hydrogens is 1170 g/mol. The monoisotopic (exact) mass is 1310 g/mol. The van der Waals surface area contributed by atoms with Crippen molar-refractivity contribution in [2.75, 3.05) is 39.6 Å². The van der Waals surface area contributed by atoms with Crippen molar-refractivity contribution in [2.24, 2.45) is 11.8 Å². The molecule has 0 heterocycles. The van der Waals surface area contributed by atoms with Crippen LogP contribution < -0.4 is 0 Å². The molecule has 0 saturated heterocycles. The number of ether oxygens (including phenoxy) is 4. The predicted octanol–water partition coefficient (Wildman–Crippen LogP) is 20.0. The molecule has 0 bridgehead atoms. The molecule has 5 atom stereocenters. The summed E-state index contributed by atoms with van der Waals surface area (Å²) in [6, 6.07) is 0. The Morgan fingerprint density at radius 1 is 0.303 bits per heavy atom. The van der Waals surface area contributed by atoms with Crippen molar-refractivity contribution >= 4 is 39.5 Å². The molecule has 19 heteroatoms. The Balaban J connectivity index is 5.20. The summed E-state index contributed by atoms with van der Waals surface area (Å²) in [6.45, 7) is 9.53. The van der Waals surface area contributed by atoms with Crippen molar-refractivity contribution in [1.29, 1.82) is 0 Å². The average Bonchev–Trinajstić information content (AvgIpc) is 3.63. The second kappa shape index (κ2) is 62.2. The van der Waals surface area contributed by atoms with Crippen molar-refractivity contribution in [3.05, 3.63) is 0 Å². The topological polar surface area (TPSA) is 237 Å². The number of hydrogen-bond donors (Lipinski definition) is 3. The Kier molecular flexibility index (Phi) is 60.8. The molecule has 0 saturated carbocycles. The summed E-state index contributed by atoms with van der Waals surface area (Å²) in [6.07, 6.45) is 47.2. The van der Waals surface area contributed by atoms with Gasteiger partial charge in [0.15, 0.2) is 12.2 Å². The van der Waals surface area contributed by atoms with E-state index >= 15 is 0 Å². The fraction of sp³-hybridized carbons (Fsp3) is 0.943. The Labute approximate surface area is 543 Å². The zero-order chi connectivity index (χ0) is 65.7. The highest BCUT2D eigenvalue weighted by Crippen LogP contribution is 2.45. The number of esters is 4. The first-order chi connectivity index (χ1) is 42.9. The number of unbranched alkanes of at least 4 members (excludes halogenated alkanes) is 39. The van der Waals surface area contributed by atoms with Crippen molar-refractivity contribution in [3.8, 4) is 0 Å². The van der Waals surface area contributed by atoms with E-state index in [1.807, 2.05) is 0 Å². The molecule has 0 radical (unpaired) electrons. The lowest BCUT2D eigenvalue weighted by molar-refractivity contribution is -0.161. The van der Waals surface area contributed by atoms with E-state index in [0.717, 1.165) is 108 Å². The summed E-state index contributed by atoms with van der Waals surface area (Å²) >= 11 is 0. The van der Waals surface area contributed by atoms with Gasteiger partial charge < -0.3 is 33.8 Å². The van der Waals surface area contributed by atoms with Crippen LogP contribution in [0.1, 0.15) is 356 Å². The van der Waals surface area contributed by atoms with Gasteiger partial charge in [-0.25, -0.2) is 9.13 Å². The van der Waals surface area contributed by atoms with Gasteiger partial charge in [0.25, 0.3) is 0 Å². The smallest absolute Gasteiger partial charge is 0.462 e. The van der Waals surface area contributed by atoms with E-state index in [1.54, 1.807) is 0 Å². The van der Waals surface area contributed by atoms with Crippen LogP contribution in [0.25, 0.3) is 0 Å². The number of carbonyl (C=O) groups is 4. The highest BCUT2D eigenvalue weighted by molar-refractivity contribution is 7.47. The quantitative estimate of drug-likeness (QED) is 0.0222. The van der Waals surface area contributed by atoms with Gasteiger partial charge in [0.2, 0.25) is 0 Å². The van der Waals surface area contributed by atoms with E-state index in [0.29, 0.717) is 25.7 Å². The van der Waals surface area contributed by atoms with E-state index in [9.17, 15) is 43.2 Å². The van der Waals surface area contributed by atoms with Crippen LogP contribution >= 0.6 is 15.6 Å². The normalized spacial score (nSPS) is 14.1. The number of carbonyl (C=O) groups excluding carboxylic acids is 4. The SMILES string of the molecule is CCCCCCCCCCCCC(=O)O[C@H](COC(=O)CCCCCCCCCC)COP(=O)(O)OC[C@H](O)COP(=O)(O)OC[C@@H](COC(=O)CCCCCCCCCCCCC(C)C)OC(=O)CCCCCCCCCCCCCCCCCC(C)C. The molecule has 0 aliphatic heterocycles. The number of phosphoric ester groups is 2. The highest BCUT2D eigenvalue weighted by atomic mass is 31.2. The molecule has 0 rings (SSSR count). The Morgan fingerprint density at radius 2 is 0.517 bits per heavy atom. The third kappa shape index (κ3) is 64.6. The Morgan fingerprint density at radius 3 is 0.764 bits per heavy atom. The first-order valence-electron chi connectivity index (χ1n) is 36.5. The van der Waals surface area contributed by atoms with Gasteiger partial charge in [0.05, 0.1) is 26.4 Å². The van der Waals surface area contributed by atoms with Gasteiger partial charge in [0.1, 0.15) is 19.3 Å². The maximum absolute atomic E-state index is 13.0. The van der Waals surface area contributed by atoms with E-state index in [4.69, 9.17) is 37.0 Å². The maximum atomic E-state index is 13.0. The summed E-state index contributed by atoms with van der Waals surface area (Å²) in [4.78, 5) is 72.4. The molecule has 0 spiro atoms. The number of aliphatic hydroxyl groups is 1. The average molecular weight is 1310 g/mol. The van der Waals surface area contributed by atoms with Crippen LogP contribution in [0.2, 0.25) is 0 Å². The number of aliphatic hydroxyl groups excluding tert-OH is 1. The van der Waals surface area contributed by atoms with E-state index in [-0.39, 0.29) is 25.7 Å². The van der Waals surface area contributed by atoms with Crippen molar-refractivity contribution < 1.29 is 80.2 Å². The van der Waals surface area contributed by atoms with Crippen LogP contribution in [0.3, 0.4) is 0 Å². The zero-order valence-electron chi connectivity index (χ0n) is 57.7. The minimum atomic E-state index is -4.95. The largest absolute Gasteiger partial charge is 0.472 e. The standard InChI is InChI=1S/C70H136O17P2/c1-7-9-11-13-15-17-29-36-42-48-54-69(74)86-65(58-80-67(72)52-46-40-34-16-14-12-10-8-2)60-84-88(76,77)82-56-64(71)57-83-89(78,79)85-61-66(59-81-68(73)53-47-41-35-30-26-25-28-33-39-45-51-63(5)6)87-70(75)55-49-43-37-31-24-22-20-18-19-21-23-27-32-38-44-50-62(3)4/h62-66,71H,7-61H2,1-6H3,(H,76,77)(H,78,79)/t64-,65+,66+/m0/s1. The van der Waals surface area contributed by atoms with E-state index in [2.05, 4.69) is 41.5 Å². The van der Waals surface area contributed by atoms with Crippen LogP contribution in [0, 0.1) is 11.8 Å². The second-order valence-electron chi connectivity index (χ2n) is 26.2. The van der Waals surface area contributed by atoms with Crippen LogP contribution in [0.4, 0.5) is 0 Å². The molecule has 3 N–H and O–H groups in total. The lowest BCUT2D eigenvalue weighted by Gasteiger charge is -2.21. The zero-order valence-corrected chi connectivity index (χ0v) is 59.5. The van der Waals surface area contributed by atoms with Crippen LogP contribution in [0.15, 0.2) is 0 Å². The molecule has 0 amide bonds. The van der Waals surface area contributed by atoms with Gasteiger partial charge in [-0.2, -0.15) is 0 Å². The summed E-state index contributed by atoms with van der Waals surface area (Å²) in [5, 5.41) is 10.6. The minimum Gasteiger partial charge on any atom is -0.462 e. The van der Waals surface area contributed by atoms with E-state index < -0.39 is 97.5 Å². The predicted molar refractivity (Wildman–Crippen MR) is 358 cm³/mol. The molecule has 0 fully saturated rings. The Bertz CT molecular complexity index is 1730. The van der Waals surface area contributed by atoms with Crippen molar-refractivity contribution in [1.82, 2.24) is 0 Å². The molecule has 2 unspecified atom stereocenters. The lowest BCUT2D eigenvalue weighted by Crippen LogP contribution is -2.30. The molecule has 528 valence electrons. The minimum absolute atomic E-state index is 0.106. The summed E-state index contributed by atoms with van der Waals surface area (Å²) < 4.78 is 68.2. The molecule has 0 aliphatic rings. The lowest BCUT2D eigenvalue weighted by atomic mass is 10.0. The van der Waals surface area contributed by atoms with Crippen LogP contribution in [-0.4, -0.2) is 96.7 Å². The van der Waals surface area contributed by atoms with Crippen LogP contribution in [0.5, 0.6) is 0 Å².